The van der Waals surface area contributed by atoms with E-state index in [1.54, 1.807) is 0 Å². The van der Waals surface area contributed by atoms with Crippen molar-refractivity contribution in [2.24, 2.45) is 5.73 Å². The Morgan fingerprint density at radius 1 is 1.35 bits per heavy atom. The molecule has 0 amide bonds. The molecule has 1 aromatic rings. The molecule has 0 aliphatic carbocycles. The smallest absolute Gasteiger partial charge is 0.119 e. The summed E-state index contributed by atoms with van der Waals surface area (Å²) in [5.74, 6) is 0.951. The predicted octanol–water partition coefficient (Wildman–Crippen LogP) is 2.01. The van der Waals surface area contributed by atoms with Crippen LogP contribution < -0.4 is 10.5 Å². The Bertz CT molecular complexity index is 337. The first-order chi connectivity index (χ1) is 8.28. The van der Waals surface area contributed by atoms with Crippen molar-refractivity contribution in [3.05, 3.63) is 29.8 Å². The second kappa shape index (κ2) is 6.03. The zero-order chi connectivity index (χ0) is 12.1. The molecule has 17 heavy (non-hydrogen) atoms. The molecule has 0 aromatic heterocycles. The van der Waals surface area contributed by atoms with E-state index in [-0.39, 0.29) is 0 Å². The number of nitrogens with zero attached hydrogens (tertiary/aromatic N) is 1. The van der Waals surface area contributed by atoms with Crippen molar-refractivity contribution in [3.8, 4) is 5.75 Å². The molecule has 0 unspecified atom stereocenters. The van der Waals surface area contributed by atoms with Crippen LogP contribution in [0.2, 0.25) is 0 Å². The van der Waals surface area contributed by atoms with Crippen LogP contribution in [0.3, 0.4) is 0 Å². The lowest BCUT2D eigenvalue weighted by molar-refractivity contribution is 0.201. The second-order valence-corrected chi connectivity index (χ2v) is 4.71. The first-order valence-corrected chi connectivity index (χ1v) is 6.47. The van der Waals surface area contributed by atoms with Crippen molar-refractivity contribution < 1.29 is 4.74 Å². The van der Waals surface area contributed by atoms with Gasteiger partial charge in [-0.2, -0.15) is 0 Å². The summed E-state index contributed by atoms with van der Waals surface area (Å²) in [4.78, 5) is 2.43. The molecule has 2 N–H and O–H groups in total. The summed E-state index contributed by atoms with van der Waals surface area (Å²) in [6, 6.07) is 8.73. The van der Waals surface area contributed by atoms with Crippen LogP contribution in [0.15, 0.2) is 24.3 Å². The predicted molar refractivity (Wildman–Crippen MR) is 70.1 cm³/mol. The van der Waals surface area contributed by atoms with Crippen LogP contribution in [0.4, 0.5) is 0 Å². The maximum atomic E-state index is 5.98. The van der Waals surface area contributed by atoms with Gasteiger partial charge in [-0.15, -0.1) is 0 Å². The average molecular weight is 234 g/mol. The number of hydrogen-bond acceptors (Lipinski definition) is 3. The van der Waals surface area contributed by atoms with Gasteiger partial charge in [-0.3, -0.25) is 4.90 Å². The maximum absolute atomic E-state index is 5.98. The molecule has 0 bridgehead atoms. The Morgan fingerprint density at radius 3 is 2.76 bits per heavy atom. The zero-order valence-corrected chi connectivity index (χ0v) is 10.6. The molecule has 1 aliphatic rings. The van der Waals surface area contributed by atoms with Crippen LogP contribution in [0.25, 0.3) is 0 Å². The van der Waals surface area contributed by atoms with Crippen molar-refractivity contribution in [1.29, 1.82) is 0 Å². The minimum atomic E-state index is 0.353. The van der Waals surface area contributed by atoms with Crippen LogP contribution in [0, 0.1) is 0 Å². The molecule has 1 heterocycles. The maximum Gasteiger partial charge on any atom is 0.119 e. The van der Waals surface area contributed by atoms with E-state index in [1.807, 2.05) is 19.1 Å². The van der Waals surface area contributed by atoms with Gasteiger partial charge in [-0.25, -0.2) is 0 Å². The van der Waals surface area contributed by atoms with E-state index in [1.165, 1.54) is 24.9 Å². The Hall–Kier alpha value is -1.06. The summed E-state index contributed by atoms with van der Waals surface area (Å²) >= 11 is 0. The summed E-state index contributed by atoms with van der Waals surface area (Å²) in [5, 5.41) is 0. The molecule has 1 saturated heterocycles. The van der Waals surface area contributed by atoms with Crippen LogP contribution >= 0.6 is 0 Å². The van der Waals surface area contributed by atoms with Crippen LogP contribution in [-0.4, -0.2) is 30.6 Å². The van der Waals surface area contributed by atoms with E-state index in [2.05, 4.69) is 17.0 Å². The number of hydrogen-bond donors (Lipinski definition) is 1. The summed E-state index contributed by atoms with van der Waals surface area (Å²) in [5.41, 5.74) is 7.32. The van der Waals surface area contributed by atoms with Gasteiger partial charge in [0.2, 0.25) is 0 Å². The highest BCUT2D eigenvalue weighted by atomic mass is 16.5. The SMILES string of the molecule is CCOc1ccc(CN2CCC[C@@H](N)C2)cc1. The molecule has 2 rings (SSSR count). The van der Waals surface area contributed by atoms with Crippen molar-refractivity contribution in [2.45, 2.75) is 32.4 Å². The van der Waals surface area contributed by atoms with Gasteiger partial charge in [-0.1, -0.05) is 12.1 Å². The first-order valence-electron chi connectivity index (χ1n) is 6.47. The fourth-order valence-electron chi connectivity index (χ4n) is 2.35. The van der Waals surface area contributed by atoms with Crippen molar-refractivity contribution >= 4 is 0 Å². The molecule has 94 valence electrons. The highest BCUT2D eigenvalue weighted by Crippen LogP contribution is 2.16. The normalized spacial score (nSPS) is 21.4. The van der Waals surface area contributed by atoms with E-state index in [0.717, 1.165) is 25.4 Å². The zero-order valence-electron chi connectivity index (χ0n) is 10.6. The average Bonchev–Trinajstić information content (AvgIpc) is 2.32. The van der Waals surface area contributed by atoms with E-state index in [9.17, 15) is 0 Å². The molecule has 1 atom stereocenters. The molecular weight excluding hydrogens is 212 g/mol. The number of piperidine rings is 1. The molecule has 0 radical (unpaired) electrons. The number of benzene rings is 1. The van der Waals surface area contributed by atoms with Crippen molar-refractivity contribution in [2.75, 3.05) is 19.7 Å². The lowest BCUT2D eigenvalue weighted by atomic mass is 10.1. The Balaban J connectivity index is 1.89. The van der Waals surface area contributed by atoms with Crippen molar-refractivity contribution in [1.82, 2.24) is 4.90 Å². The van der Waals surface area contributed by atoms with Crippen LogP contribution in [-0.2, 0) is 6.54 Å². The molecule has 0 spiro atoms. The van der Waals surface area contributed by atoms with E-state index >= 15 is 0 Å². The third kappa shape index (κ3) is 3.72. The van der Waals surface area contributed by atoms with Crippen LogP contribution in [0.1, 0.15) is 25.3 Å². The van der Waals surface area contributed by atoms with Crippen LogP contribution in [0.5, 0.6) is 5.75 Å². The molecule has 3 nitrogen and oxygen atoms in total. The molecule has 0 saturated carbocycles. The van der Waals surface area contributed by atoms with Gasteiger partial charge in [0.25, 0.3) is 0 Å². The third-order valence-corrected chi connectivity index (χ3v) is 3.18. The molecule has 1 fully saturated rings. The second-order valence-electron chi connectivity index (χ2n) is 4.71. The summed E-state index contributed by atoms with van der Waals surface area (Å²) in [7, 11) is 0. The van der Waals surface area contributed by atoms with E-state index in [4.69, 9.17) is 10.5 Å². The van der Waals surface area contributed by atoms with Crippen molar-refractivity contribution in [3.63, 3.8) is 0 Å². The van der Waals surface area contributed by atoms with Gasteiger partial charge < -0.3 is 10.5 Å². The lowest BCUT2D eigenvalue weighted by Crippen LogP contribution is -2.42. The number of nitrogens with two attached hydrogens (primary N) is 1. The quantitative estimate of drug-likeness (QED) is 0.866. The lowest BCUT2D eigenvalue weighted by Gasteiger charge is -2.30. The van der Waals surface area contributed by atoms with Gasteiger partial charge in [-0.05, 0) is 44.0 Å². The fourth-order valence-corrected chi connectivity index (χ4v) is 2.35. The highest BCUT2D eigenvalue weighted by molar-refractivity contribution is 5.27. The van der Waals surface area contributed by atoms with E-state index < -0.39 is 0 Å². The van der Waals surface area contributed by atoms with Gasteiger partial charge in [0.15, 0.2) is 0 Å². The molecule has 1 aliphatic heterocycles. The third-order valence-electron chi connectivity index (χ3n) is 3.18. The summed E-state index contributed by atoms with van der Waals surface area (Å²) in [6.07, 6.45) is 2.39. The molecule has 1 aromatic carbocycles. The fraction of sp³-hybridized carbons (Fsp3) is 0.571. The number of rotatable bonds is 4. The molecule has 3 heteroatoms. The number of likely N-dealkylation sites (tertiary alicyclic amines) is 1. The minimum absolute atomic E-state index is 0.353. The summed E-state index contributed by atoms with van der Waals surface area (Å²) < 4.78 is 5.43. The summed E-state index contributed by atoms with van der Waals surface area (Å²) in [6.45, 7) is 5.91. The van der Waals surface area contributed by atoms with Gasteiger partial charge in [0.1, 0.15) is 5.75 Å². The first kappa shape index (κ1) is 12.4. The Labute approximate surface area is 104 Å². The largest absolute Gasteiger partial charge is 0.494 e. The van der Waals surface area contributed by atoms with Gasteiger partial charge in [0, 0.05) is 19.1 Å². The Morgan fingerprint density at radius 2 is 2.12 bits per heavy atom. The topological polar surface area (TPSA) is 38.5 Å². The standard InChI is InChI=1S/C14H22N2O/c1-2-17-14-7-5-12(6-8-14)10-16-9-3-4-13(15)11-16/h5-8,13H,2-4,9-11,15H2,1H3/t13-/m1/s1. The van der Waals surface area contributed by atoms with Gasteiger partial charge in [0.05, 0.1) is 6.61 Å². The van der Waals surface area contributed by atoms with E-state index in [0.29, 0.717) is 6.04 Å². The monoisotopic (exact) mass is 234 g/mol. The van der Waals surface area contributed by atoms with Gasteiger partial charge >= 0.3 is 0 Å². The number of ether oxygens (including phenoxy) is 1. The Kier molecular flexibility index (Phi) is 4.40. The molecular formula is C14H22N2O. The highest BCUT2D eigenvalue weighted by Gasteiger charge is 2.16. The minimum Gasteiger partial charge on any atom is -0.494 e.